The topological polar surface area (TPSA) is 72.9 Å². The standard InChI is InChI=1S/C15H20N2O4/c1-21-13-5-3-2-4-12(13)16-8-10-17(11-9-16)14(18)6-7-15(19)20/h2-5H,6-11H2,1H3,(H,19,20)/p-1. The number of nitrogens with zero attached hydrogens (tertiary/aromatic N) is 2. The van der Waals surface area contributed by atoms with Gasteiger partial charge in [0.1, 0.15) is 5.75 Å². The normalized spacial score (nSPS) is 14.9. The third kappa shape index (κ3) is 3.87. The van der Waals surface area contributed by atoms with Crippen molar-refractivity contribution in [3.63, 3.8) is 0 Å². The van der Waals surface area contributed by atoms with E-state index in [0.29, 0.717) is 26.2 Å². The maximum Gasteiger partial charge on any atom is 0.223 e. The number of hydrogen-bond donors (Lipinski definition) is 0. The van der Waals surface area contributed by atoms with Crippen LogP contribution >= 0.6 is 0 Å². The molecule has 0 aromatic heterocycles. The van der Waals surface area contributed by atoms with Crippen molar-refractivity contribution in [2.75, 3.05) is 38.2 Å². The van der Waals surface area contributed by atoms with E-state index in [-0.39, 0.29) is 18.7 Å². The highest BCUT2D eigenvalue weighted by Gasteiger charge is 2.22. The van der Waals surface area contributed by atoms with Gasteiger partial charge >= 0.3 is 0 Å². The maximum atomic E-state index is 11.9. The largest absolute Gasteiger partial charge is 0.550 e. The fourth-order valence-electron chi connectivity index (χ4n) is 2.45. The lowest BCUT2D eigenvalue weighted by Gasteiger charge is -2.36. The van der Waals surface area contributed by atoms with Gasteiger partial charge in [-0.3, -0.25) is 4.79 Å². The van der Waals surface area contributed by atoms with Crippen molar-refractivity contribution in [3.8, 4) is 5.75 Å². The number of hydrogen-bond acceptors (Lipinski definition) is 5. The minimum Gasteiger partial charge on any atom is -0.550 e. The van der Waals surface area contributed by atoms with Gasteiger partial charge in [0.15, 0.2) is 0 Å². The van der Waals surface area contributed by atoms with Gasteiger partial charge in [0.2, 0.25) is 5.91 Å². The number of anilines is 1. The van der Waals surface area contributed by atoms with Crippen LogP contribution in [0.15, 0.2) is 24.3 Å². The van der Waals surface area contributed by atoms with Crippen LogP contribution in [0, 0.1) is 0 Å². The molecule has 21 heavy (non-hydrogen) atoms. The zero-order valence-electron chi connectivity index (χ0n) is 12.1. The number of rotatable bonds is 5. The number of benzene rings is 1. The molecule has 0 unspecified atom stereocenters. The van der Waals surface area contributed by atoms with Crippen LogP contribution in [0.1, 0.15) is 12.8 Å². The van der Waals surface area contributed by atoms with Crippen LogP contribution in [0.4, 0.5) is 5.69 Å². The second kappa shape index (κ2) is 6.97. The van der Waals surface area contributed by atoms with Crippen LogP contribution < -0.4 is 14.7 Å². The molecule has 1 aliphatic rings. The first-order valence-electron chi connectivity index (χ1n) is 6.97. The van der Waals surface area contributed by atoms with Crippen molar-refractivity contribution < 1.29 is 19.4 Å². The molecule has 0 N–H and O–H groups in total. The van der Waals surface area contributed by atoms with Crippen molar-refractivity contribution in [2.24, 2.45) is 0 Å². The molecule has 0 saturated carbocycles. The minimum atomic E-state index is -1.18. The molecule has 1 amide bonds. The van der Waals surface area contributed by atoms with Gasteiger partial charge in [-0.05, 0) is 18.6 Å². The SMILES string of the molecule is COc1ccccc1N1CCN(C(=O)CCC(=O)[O-])CC1. The van der Waals surface area contributed by atoms with Gasteiger partial charge in [-0.1, -0.05) is 12.1 Å². The number of carboxylic acids is 1. The Kier molecular flexibility index (Phi) is 5.03. The number of carbonyl (C=O) groups is 2. The highest BCUT2D eigenvalue weighted by Crippen LogP contribution is 2.28. The van der Waals surface area contributed by atoms with Crippen molar-refractivity contribution in [2.45, 2.75) is 12.8 Å². The first kappa shape index (κ1) is 15.2. The molecule has 0 radical (unpaired) electrons. The minimum absolute atomic E-state index is 0.0109. The van der Waals surface area contributed by atoms with E-state index in [4.69, 9.17) is 4.74 Å². The molecule has 2 rings (SSSR count). The number of ether oxygens (including phenoxy) is 1. The Morgan fingerprint density at radius 3 is 2.43 bits per heavy atom. The first-order valence-corrected chi connectivity index (χ1v) is 6.97. The number of aliphatic carboxylic acids is 1. The zero-order chi connectivity index (χ0) is 15.2. The van der Waals surface area contributed by atoms with Gasteiger partial charge in [0, 0.05) is 38.6 Å². The average molecular weight is 291 g/mol. The van der Waals surface area contributed by atoms with Crippen LogP contribution in [0.25, 0.3) is 0 Å². The highest BCUT2D eigenvalue weighted by atomic mass is 16.5. The van der Waals surface area contributed by atoms with Crippen molar-refractivity contribution in [1.82, 2.24) is 4.90 Å². The third-order valence-corrected chi connectivity index (χ3v) is 3.60. The molecule has 114 valence electrons. The van der Waals surface area contributed by atoms with Gasteiger partial charge in [-0.2, -0.15) is 0 Å². The number of piperazine rings is 1. The lowest BCUT2D eigenvalue weighted by Crippen LogP contribution is -2.49. The summed E-state index contributed by atoms with van der Waals surface area (Å²) in [6, 6.07) is 7.77. The highest BCUT2D eigenvalue weighted by molar-refractivity contribution is 5.80. The number of carboxylic acid groups (broad SMARTS) is 1. The smallest absolute Gasteiger partial charge is 0.223 e. The number of carbonyl (C=O) groups excluding carboxylic acids is 2. The molecule has 0 aliphatic carbocycles. The summed E-state index contributed by atoms with van der Waals surface area (Å²) in [4.78, 5) is 26.1. The number of methoxy groups -OCH3 is 1. The molecule has 0 spiro atoms. The molecule has 0 bridgehead atoms. The van der Waals surface area contributed by atoms with E-state index in [1.165, 1.54) is 0 Å². The van der Waals surface area contributed by atoms with E-state index >= 15 is 0 Å². The quantitative estimate of drug-likeness (QED) is 0.756. The summed E-state index contributed by atoms with van der Waals surface area (Å²) >= 11 is 0. The van der Waals surface area contributed by atoms with Crippen LogP contribution in [0.2, 0.25) is 0 Å². The number of para-hydroxylation sites is 2. The lowest BCUT2D eigenvalue weighted by atomic mass is 10.2. The third-order valence-electron chi connectivity index (χ3n) is 3.60. The van der Waals surface area contributed by atoms with E-state index < -0.39 is 5.97 Å². The average Bonchev–Trinajstić information content (AvgIpc) is 2.52. The van der Waals surface area contributed by atoms with Crippen molar-refractivity contribution in [1.29, 1.82) is 0 Å². The summed E-state index contributed by atoms with van der Waals surface area (Å²) in [6.45, 7) is 2.59. The molecule has 1 fully saturated rings. The molecular formula is C15H19N2O4-. The molecule has 1 heterocycles. The Bertz CT molecular complexity index is 510. The van der Waals surface area contributed by atoms with Gasteiger partial charge in [0.25, 0.3) is 0 Å². The Hall–Kier alpha value is -2.24. The van der Waals surface area contributed by atoms with E-state index in [9.17, 15) is 14.7 Å². The van der Waals surface area contributed by atoms with E-state index in [2.05, 4.69) is 4.90 Å². The maximum absolute atomic E-state index is 11.9. The summed E-state index contributed by atoms with van der Waals surface area (Å²) in [5.41, 5.74) is 1.02. The van der Waals surface area contributed by atoms with E-state index in [0.717, 1.165) is 11.4 Å². The Labute approximate surface area is 123 Å². The van der Waals surface area contributed by atoms with Crippen LogP contribution in [0.3, 0.4) is 0 Å². The monoisotopic (exact) mass is 291 g/mol. The Morgan fingerprint density at radius 1 is 1.14 bits per heavy atom. The van der Waals surface area contributed by atoms with E-state index in [1.807, 2.05) is 24.3 Å². The van der Waals surface area contributed by atoms with Gasteiger partial charge < -0.3 is 24.4 Å². The molecule has 0 atom stereocenters. The molecule has 1 aromatic carbocycles. The molecule has 1 aromatic rings. The molecular weight excluding hydrogens is 272 g/mol. The van der Waals surface area contributed by atoms with Crippen LogP contribution in [-0.4, -0.2) is 50.1 Å². The van der Waals surface area contributed by atoms with Crippen LogP contribution in [0.5, 0.6) is 5.75 Å². The fourth-order valence-corrected chi connectivity index (χ4v) is 2.45. The lowest BCUT2D eigenvalue weighted by molar-refractivity contribution is -0.305. The summed E-state index contributed by atoms with van der Waals surface area (Å²) in [6.07, 6.45) is -0.206. The predicted octanol–water partition coefficient (Wildman–Crippen LogP) is -0.126. The van der Waals surface area contributed by atoms with E-state index in [1.54, 1.807) is 12.0 Å². The summed E-state index contributed by atoms with van der Waals surface area (Å²) in [5, 5.41) is 10.4. The molecule has 1 aliphatic heterocycles. The first-order chi connectivity index (χ1) is 10.1. The van der Waals surface area contributed by atoms with Gasteiger partial charge in [0.05, 0.1) is 12.8 Å². The second-order valence-corrected chi connectivity index (χ2v) is 4.91. The van der Waals surface area contributed by atoms with Crippen molar-refractivity contribution >= 4 is 17.6 Å². The predicted molar refractivity (Wildman–Crippen MR) is 76.0 cm³/mol. The Balaban J connectivity index is 1.91. The van der Waals surface area contributed by atoms with Crippen molar-refractivity contribution in [3.05, 3.63) is 24.3 Å². The Morgan fingerprint density at radius 2 is 1.81 bits per heavy atom. The summed E-state index contributed by atoms with van der Waals surface area (Å²) in [5.74, 6) is -0.496. The molecule has 6 nitrogen and oxygen atoms in total. The van der Waals surface area contributed by atoms with Gasteiger partial charge in [-0.15, -0.1) is 0 Å². The number of amides is 1. The molecule has 6 heteroatoms. The van der Waals surface area contributed by atoms with Gasteiger partial charge in [-0.25, -0.2) is 0 Å². The van der Waals surface area contributed by atoms with Crippen LogP contribution in [-0.2, 0) is 9.59 Å². The summed E-state index contributed by atoms with van der Waals surface area (Å²) in [7, 11) is 1.64. The fraction of sp³-hybridized carbons (Fsp3) is 0.467. The zero-order valence-corrected chi connectivity index (χ0v) is 12.1. The molecule has 1 saturated heterocycles. The summed E-state index contributed by atoms with van der Waals surface area (Å²) < 4.78 is 5.34. The second-order valence-electron chi connectivity index (χ2n) is 4.91.